The van der Waals surface area contributed by atoms with Crippen molar-refractivity contribution in [3.63, 3.8) is 0 Å². The maximum atomic E-state index is 13.0. The van der Waals surface area contributed by atoms with Gasteiger partial charge in [-0.1, -0.05) is 24.3 Å². The lowest BCUT2D eigenvalue weighted by Gasteiger charge is -2.14. The van der Waals surface area contributed by atoms with Crippen molar-refractivity contribution in [3.05, 3.63) is 71.0 Å². The van der Waals surface area contributed by atoms with Crippen LogP contribution in [0.15, 0.2) is 48.5 Å². The molecule has 4 N–H and O–H groups in total. The number of hydrogen-bond acceptors (Lipinski definition) is 6. The Kier molecular flexibility index (Phi) is 4.87. The molecule has 3 aromatic rings. The number of benzene rings is 2. The van der Waals surface area contributed by atoms with Gasteiger partial charge in [-0.3, -0.25) is 0 Å². The third kappa shape index (κ3) is 3.63. The number of rotatable bonds is 4. The second-order valence-corrected chi connectivity index (χ2v) is 5.72. The van der Waals surface area contributed by atoms with Crippen LogP contribution in [0.3, 0.4) is 0 Å². The first-order valence-corrected chi connectivity index (χ1v) is 7.95. The fourth-order valence-corrected chi connectivity index (χ4v) is 2.69. The molecule has 0 aliphatic carbocycles. The molecule has 0 unspecified atom stereocenters. The van der Waals surface area contributed by atoms with Gasteiger partial charge < -0.3 is 16.2 Å². The SMILES string of the molecule is N#Cc1c(N)nc(NCc2ccc(F)cc2)c(C#N)c1-c1cccc(O)c1. The first-order chi connectivity index (χ1) is 13.0. The molecule has 0 saturated carbocycles. The third-order valence-electron chi connectivity index (χ3n) is 3.96. The molecule has 1 heterocycles. The van der Waals surface area contributed by atoms with E-state index in [0.29, 0.717) is 11.1 Å². The Morgan fingerprint density at radius 2 is 1.78 bits per heavy atom. The van der Waals surface area contributed by atoms with Crippen molar-refractivity contribution in [3.8, 4) is 29.0 Å². The molecule has 0 atom stereocenters. The van der Waals surface area contributed by atoms with E-state index in [2.05, 4.69) is 16.4 Å². The molecule has 0 saturated heterocycles. The van der Waals surface area contributed by atoms with Crippen molar-refractivity contribution < 1.29 is 9.50 Å². The van der Waals surface area contributed by atoms with E-state index in [0.717, 1.165) is 5.56 Å². The number of pyridine rings is 1. The van der Waals surface area contributed by atoms with Gasteiger partial charge in [0.25, 0.3) is 0 Å². The van der Waals surface area contributed by atoms with Crippen LogP contribution in [-0.4, -0.2) is 10.1 Å². The highest BCUT2D eigenvalue weighted by Gasteiger charge is 2.20. The van der Waals surface area contributed by atoms with E-state index in [1.54, 1.807) is 24.3 Å². The monoisotopic (exact) mass is 359 g/mol. The molecule has 0 radical (unpaired) electrons. The van der Waals surface area contributed by atoms with E-state index in [1.807, 2.05) is 6.07 Å². The van der Waals surface area contributed by atoms with Gasteiger partial charge in [0.2, 0.25) is 0 Å². The quantitative estimate of drug-likeness (QED) is 0.656. The Morgan fingerprint density at radius 1 is 1.07 bits per heavy atom. The predicted octanol–water partition coefficient (Wildman–Crippen LogP) is 3.53. The second-order valence-electron chi connectivity index (χ2n) is 5.72. The number of phenolic OH excluding ortho intramolecular Hbond substituents is 1. The Balaban J connectivity index is 2.09. The minimum absolute atomic E-state index is 0.00325. The fourth-order valence-electron chi connectivity index (χ4n) is 2.69. The average molecular weight is 359 g/mol. The smallest absolute Gasteiger partial charge is 0.147 e. The summed E-state index contributed by atoms with van der Waals surface area (Å²) in [5.41, 5.74) is 7.67. The molecule has 3 rings (SSSR count). The van der Waals surface area contributed by atoms with Crippen molar-refractivity contribution in [2.45, 2.75) is 6.54 Å². The number of hydrogen-bond donors (Lipinski definition) is 3. The molecule has 2 aromatic carbocycles. The van der Waals surface area contributed by atoms with Gasteiger partial charge in [0.1, 0.15) is 46.5 Å². The minimum Gasteiger partial charge on any atom is -0.508 e. The predicted molar refractivity (Wildman–Crippen MR) is 98.9 cm³/mol. The summed E-state index contributed by atoms with van der Waals surface area (Å²) in [5, 5.41) is 31.9. The molecule has 0 aliphatic heterocycles. The standard InChI is InChI=1S/C20H14FN5O/c21-14-6-4-12(5-7-14)11-25-20-17(10-23)18(16(9-22)19(24)26-20)13-2-1-3-15(27)8-13/h1-8,27H,11H2,(H3,24,25,26). The Morgan fingerprint density at radius 3 is 2.41 bits per heavy atom. The molecule has 132 valence electrons. The number of nitrogens with two attached hydrogens (primary N) is 1. The van der Waals surface area contributed by atoms with Crippen molar-refractivity contribution in [2.24, 2.45) is 0 Å². The van der Waals surface area contributed by atoms with Gasteiger partial charge in [0.15, 0.2) is 0 Å². The summed E-state index contributed by atoms with van der Waals surface area (Å²) in [6.45, 7) is 0.285. The highest BCUT2D eigenvalue weighted by molar-refractivity contribution is 5.85. The van der Waals surface area contributed by atoms with Crippen LogP contribution in [0.25, 0.3) is 11.1 Å². The van der Waals surface area contributed by atoms with E-state index >= 15 is 0 Å². The summed E-state index contributed by atoms with van der Waals surface area (Å²) >= 11 is 0. The summed E-state index contributed by atoms with van der Waals surface area (Å²) in [4.78, 5) is 4.14. The van der Waals surface area contributed by atoms with E-state index < -0.39 is 0 Å². The highest BCUT2D eigenvalue weighted by atomic mass is 19.1. The van der Waals surface area contributed by atoms with Crippen LogP contribution in [0.1, 0.15) is 16.7 Å². The zero-order chi connectivity index (χ0) is 19.4. The molecule has 0 aliphatic rings. The van der Waals surface area contributed by atoms with Crippen molar-refractivity contribution >= 4 is 11.6 Å². The first-order valence-electron chi connectivity index (χ1n) is 7.95. The van der Waals surface area contributed by atoms with E-state index in [-0.39, 0.29) is 40.9 Å². The highest BCUT2D eigenvalue weighted by Crippen LogP contribution is 2.35. The van der Waals surface area contributed by atoms with Crippen LogP contribution in [0.4, 0.5) is 16.0 Å². The van der Waals surface area contributed by atoms with E-state index in [9.17, 15) is 20.0 Å². The van der Waals surface area contributed by atoms with Crippen molar-refractivity contribution in [1.29, 1.82) is 10.5 Å². The number of nitriles is 2. The number of halogens is 1. The first kappa shape index (κ1) is 17.7. The minimum atomic E-state index is -0.344. The maximum absolute atomic E-state index is 13.0. The molecule has 0 spiro atoms. The van der Waals surface area contributed by atoms with Crippen LogP contribution >= 0.6 is 0 Å². The Labute approximate surface area is 154 Å². The largest absolute Gasteiger partial charge is 0.508 e. The van der Waals surface area contributed by atoms with E-state index in [4.69, 9.17) is 5.73 Å². The van der Waals surface area contributed by atoms with Crippen LogP contribution in [-0.2, 0) is 6.54 Å². The van der Waals surface area contributed by atoms with Crippen LogP contribution in [0.2, 0.25) is 0 Å². The maximum Gasteiger partial charge on any atom is 0.147 e. The zero-order valence-electron chi connectivity index (χ0n) is 14.1. The van der Waals surface area contributed by atoms with Gasteiger partial charge in [-0.15, -0.1) is 0 Å². The van der Waals surface area contributed by atoms with Gasteiger partial charge in [0.05, 0.1) is 0 Å². The number of phenols is 1. The van der Waals surface area contributed by atoms with Crippen LogP contribution in [0.5, 0.6) is 5.75 Å². The molecule has 0 fully saturated rings. The fraction of sp³-hybridized carbons (Fsp3) is 0.0500. The molecular formula is C20H14FN5O. The number of nitrogens with zero attached hydrogens (tertiary/aromatic N) is 3. The Bertz CT molecular complexity index is 1080. The molecule has 0 amide bonds. The molecule has 7 heteroatoms. The van der Waals surface area contributed by atoms with E-state index in [1.165, 1.54) is 24.3 Å². The number of nitrogen functional groups attached to an aromatic ring is 1. The van der Waals surface area contributed by atoms with Gasteiger partial charge >= 0.3 is 0 Å². The third-order valence-corrected chi connectivity index (χ3v) is 3.96. The summed E-state index contributed by atoms with van der Waals surface area (Å²) in [7, 11) is 0. The van der Waals surface area contributed by atoms with Gasteiger partial charge in [0, 0.05) is 12.1 Å². The lowest BCUT2D eigenvalue weighted by Crippen LogP contribution is -2.09. The number of aromatic nitrogens is 1. The molecular weight excluding hydrogens is 345 g/mol. The number of aromatic hydroxyl groups is 1. The molecule has 0 bridgehead atoms. The summed E-state index contributed by atoms with van der Waals surface area (Å²) in [6, 6.07) is 16.1. The molecule has 27 heavy (non-hydrogen) atoms. The van der Waals surface area contributed by atoms with Crippen molar-refractivity contribution in [2.75, 3.05) is 11.1 Å². The molecule has 6 nitrogen and oxygen atoms in total. The topological polar surface area (TPSA) is 119 Å². The normalized spacial score (nSPS) is 10.0. The molecule has 1 aromatic heterocycles. The zero-order valence-corrected chi connectivity index (χ0v) is 14.1. The lowest BCUT2D eigenvalue weighted by atomic mass is 9.96. The van der Waals surface area contributed by atoms with Crippen LogP contribution < -0.4 is 11.1 Å². The second kappa shape index (κ2) is 7.42. The summed E-state index contributed by atoms with van der Waals surface area (Å²) in [6.07, 6.45) is 0. The summed E-state index contributed by atoms with van der Waals surface area (Å²) in [5.74, 6) is -0.173. The van der Waals surface area contributed by atoms with Crippen molar-refractivity contribution in [1.82, 2.24) is 4.98 Å². The number of nitrogens with one attached hydrogen (secondary N) is 1. The summed E-state index contributed by atoms with van der Waals surface area (Å²) < 4.78 is 13.0. The lowest BCUT2D eigenvalue weighted by molar-refractivity contribution is 0.475. The van der Waals surface area contributed by atoms with Gasteiger partial charge in [-0.05, 0) is 35.4 Å². The van der Waals surface area contributed by atoms with Crippen LogP contribution in [0, 0.1) is 28.5 Å². The average Bonchev–Trinajstić information content (AvgIpc) is 2.67. The van der Waals surface area contributed by atoms with Gasteiger partial charge in [-0.25, -0.2) is 9.37 Å². The van der Waals surface area contributed by atoms with Gasteiger partial charge in [-0.2, -0.15) is 10.5 Å². The Hall–Kier alpha value is -4.10. The number of anilines is 2.